The molecule has 2 rings (SSSR count). The van der Waals surface area contributed by atoms with Crippen molar-refractivity contribution < 1.29 is 4.74 Å². The molecule has 0 saturated carbocycles. The fourth-order valence-electron chi connectivity index (χ4n) is 1.66. The van der Waals surface area contributed by atoms with Crippen molar-refractivity contribution in [2.24, 2.45) is 0 Å². The van der Waals surface area contributed by atoms with Crippen molar-refractivity contribution in [1.29, 1.82) is 0 Å². The Kier molecular flexibility index (Phi) is 3.94. The van der Waals surface area contributed by atoms with Crippen LogP contribution in [0.4, 0.5) is 0 Å². The molecule has 0 bridgehead atoms. The van der Waals surface area contributed by atoms with Gasteiger partial charge in [0.25, 0.3) is 0 Å². The Morgan fingerprint density at radius 3 is 3.20 bits per heavy atom. The number of alkyl halides is 1. The molecule has 5 nitrogen and oxygen atoms in total. The van der Waals surface area contributed by atoms with Crippen LogP contribution in [-0.4, -0.2) is 51.8 Å². The molecular weight excluding hydrogens is 216 g/mol. The van der Waals surface area contributed by atoms with Crippen LogP contribution in [0.1, 0.15) is 5.82 Å². The first-order chi connectivity index (χ1) is 7.40. The second kappa shape index (κ2) is 5.44. The van der Waals surface area contributed by atoms with E-state index < -0.39 is 0 Å². The topological polar surface area (TPSA) is 43.2 Å². The van der Waals surface area contributed by atoms with Crippen LogP contribution in [-0.2, 0) is 17.8 Å². The van der Waals surface area contributed by atoms with Gasteiger partial charge in [0, 0.05) is 25.5 Å². The zero-order valence-corrected chi connectivity index (χ0v) is 9.36. The van der Waals surface area contributed by atoms with Gasteiger partial charge >= 0.3 is 0 Å². The molecule has 1 aliphatic heterocycles. The molecule has 0 saturated heterocycles. The first kappa shape index (κ1) is 10.9. The molecule has 0 aromatic carbocycles. The average Bonchev–Trinajstić information content (AvgIpc) is 2.71. The van der Waals surface area contributed by atoms with Gasteiger partial charge in [0.2, 0.25) is 0 Å². The predicted octanol–water partition coefficient (Wildman–Crippen LogP) is 0.349. The fourth-order valence-corrected chi connectivity index (χ4v) is 1.77. The summed E-state index contributed by atoms with van der Waals surface area (Å²) in [6, 6.07) is 0. The number of aromatic nitrogens is 3. The highest BCUT2D eigenvalue weighted by Gasteiger charge is 2.16. The largest absolute Gasteiger partial charge is 0.379 e. The Bertz CT molecular complexity index is 304. The molecule has 0 spiro atoms. The van der Waals surface area contributed by atoms with Gasteiger partial charge in [0.15, 0.2) is 0 Å². The van der Waals surface area contributed by atoms with E-state index in [1.54, 1.807) is 6.33 Å². The number of ether oxygens (including phenoxy) is 1. The van der Waals surface area contributed by atoms with Gasteiger partial charge < -0.3 is 9.30 Å². The molecule has 1 aromatic heterocycles. The molecule has 15 heavy (non-hydrogen) atoms. The van der Waals surface area contributed by atoms with E-state index in [9.17, 15) is 0 Å². The van der Waals surface area contributed by atoms with E-state index in [4.69, 9.17) is 16.3 Å². The van der Waals surface area contributed by atoms with Crippen molar-refractivity contribution >= 4 is 11.6 Å². The summed E-state index contributed by atoms with van der Waals surface area (Å²) in [5, 5.41) is 7.95. The van der Waals surface area contributed by atoms with Gasteiger partial charge in [-0.2, -0.15) is 0 Å². The highest BCUT2D eigenvalue weighted by atomic mass is 35.5. The second-order valence-electron chi connectivity index (χ2n) is 3.52. The van der Waals surface area contributed by atoms with Gasteiger partial charge in [-0.05, 0) is 0 Å². The molecule has 0 aliphatic carbocycles. The summed E-state index contributed by atoms with van der Waals surface area (Å²) >= 11 is 5.52. The lowest BCUT2D eigenvalue weighted by Crippen LogP contribution is -2.35. The standard InChI is InChI=1S/C9H15ClN4O/c10-1-5-15-6-4-13-2-3-14-8-11-12-9(14)7-13/h8H,1-7H2. The molecule has 84 valence electrons. The summed E-state index contributed by atoms with van der Waals surface area (Å²) in [6.45, 7) is 5.17. The number of hydrogen-bond donors (Lipinski definition) is 0. The number of fused-ring (bicyclic) bond motifs is 1. The van der Waals surface area contributed by atoms with E-state index in [1.807, 2.05) is 0 Å². The van der Waals surface area contributed by atoms with Crippen LogP contribution in [0.2, 0.25) is 0 Å². The number of nitrogens with zero attached hydrogens (tertiary/aromatic N) is 4. The molecule has 0 radical (unpaired) electrons. The summed E-state index contributed by atoms with van der Waals surface area (Å²) in [6.07, 6.45) is 1.79. The van der Waals surface area contributed by atoms with Crippen molar-refractivity contribution in [2.45, 2.75) is 13.1 Å². The van der Waals surface area contributed by atoms with Gasteiger partial charge in [-0.15, -0.1) is 21.8 Å². The molecule has 0 atom stereocenters. The Morgan fingerprint density at radius 1 is 1.40 bits per heavy atom. The third-order valence-corrected chi connectivity index (χ3v) is 2.65. The minimum atomic E-state index is 0.564. The highest BCUT2D eigenvalue weighted by Crippen LogP contribution is 2.07. The van der Waals surface area contributed by atoms with Crippen molar-refractivity contribution in [3.05, 3.63) is 12.2 Å². The summed E-state index contributed by atoms with van der Waals surface area (Å²) in [4.78, 5) is 2.32. The summed E-state index contributed by atoms with van der Waals surface area (Å²) in [5.74, 6) is 1.60. The zero-order chi connectivity index (χ0) is 10.5. The third kappa shape index (κ3) is 2.90. The van der Waals surface area contributed by atoms with Crippen LogP contribution in [0.15, 0.2) is 6.33 Å². The Balaban J connectivity index is 1.73. The number of hydrogen-bond acceptors (Lipinski definition) is 4. The van der Waals surface area contributed by atoms with Crippen LogP contribution < -0.4 is 0 Å². The van der Waals surface area contributed by atoms with Crippen molar-refractivity contribution in [3.8, 4) is 0 Å². The van der Waals surface area contributed by atoms with E-state index in [-0.39, 0.29) is 0 Å². The van der Waals surface area contributed by atoms with E-state index in [0.717, 1.165) is 38.6 Å². The minimum Gasteiger partial charge on any atom is -0.379 e. The molecule has 6 heteroatoms. The zero-order valence-electron chi connectivity index (χ0n) is 8.60. The molecule has 2 heterocycles. The smallest absolute Gasteiger partial charge is 0.147 e. The van der Waals surface area contributed by atoms with Gasteiger partial charge in [-0.1, -0.05) is 0 Å². The quantitative estimate of drug-likeness (QED) is 0.541. The van der Waals surface area contributed by atoms with E-state index >= 15 is 0 Å². The van der Waals surface area contributed by atoms with Crippen LogP contribution in [0.25, 0.3) is 0 Å². The van der Waals surface area contributed by atoms with E-state index in [1.165, 1.54) is 0 Å². The molecule has 0 fully saturated rings. The van der Waals surface area contributed by atoms with E-state index in [0.29, 0.717) is 12.5 Å². The fraction of sp³-hybridized carbons (Fsp3) is 0.778. The molecular formula is C9H15ClN4O. The molecule has 0 amide bonds. The van der Waals surface area contributed by atoms with Crippen LogP contribution in [0, 0.1) is 0 Å². The Labute approximate surface area is 94.0 Å². The van der Waals surface area contributed by atoms with Crippen LogP contribution in [0.3, 0.4) is 0 Å². The van der Waals surface area contributed by atoms with Crippen LogP contribution in [0.5, 0.6) is 0 Å². The Morgan fingerprint density at radius 2 is 2.33 bits per heavy atom. The third-order valence-electron chi connectivity index (χ3n) is 2.49. The first-order valence-corrected chi connectivity index (χ1v) is 5.66. The summed E-state index contributed by atoms with van der Waals surface area (Å²) in [5.41, 5.74) is 0. The molecule has 1 aromatic rings. The lowest BCUT2D eigenvalue weighted by Gasteiger charge is -2.26. The maximum absolute atomic E-state index is 5.52. The maximum atomic E-state index is 5.52. The maximum Gasteiger partial charge on any atom is 0.147 e. The van der Waals surface area contributed by atoms with Gasteiger partial charge in [0.1, 0.15) is 12.2 Å². The highest BCUT2D eigenvalue weighted by molar-refractivity contribution is 6.17. The number of rotatable bonds is 5. The molecule has 0 unspecified atom stereocenters. The van der Waals surface area contributed by atoms with Crippen molar-refractivity contribution in [1.82, 2.24) is 19.7 Å². The predicted molar refractivity (Wildman–Crippen MR) is 56.8 cm³/mol. The van der Waals surface area contributed by atoms with E-state index in [2.05, 4.69) is 19.7 Å². The normalized spacial score (nSPS) is 16.6. The summed E-state index contributed by atoms with van der Waals surface area (Å²) in [7, 11) is 0. The minimum absolute atomic E-state index is 0.564. The van der Waals surface area contributed by atoms with Crippen LogP contribution >= 0.6 is 11.6 Å². The summed E-state index contributed by atoms with van der Waals surface area (Å²) < 4.78 is 7.43. The lowest BCUT2D eigenvalue weighted by atomic mass is 10.3. The van der Waals surface area contributed by atoms with Gasteiger partial charge in [0.05, 0.1) is 19.8 Å². The Hall–Kier alpha value is -0.650. The van der Waals surface area contributed by atoms with Crippen molar-refractivity contribution in [3.63, 3.8) is 0 Å². The average molecular weight is 231 g/mol. The van der Waals surface area contributed by atoms with Gasteiger partial charge in [-0.25, -0.2) is 0 Å². The monoisotopic (exact) mass is 230 g/mol. The SMILES string of the molecule is ClCCOCCN1CCn2cnnc2C1. The molecule has 0 N–H and O–H groups in total. The van der Waals surface area contributed by atoms with Gasteiger partial charge in [-0.3, -0.25) is 4.90 Å². The van der Waals surface area contributed by atoms with Crippen molar-refractivity contribution in [2.75, 3.05) is 32.2 Å². The molecule has 1 aliphatic rings. The number of halogens is 1. The first-order valence-electron chi connectivity index (χ1n) is 5.13. The second-order valence-corrected chi connectivity index (χ2v) is 3.90. The lowest BCUT2D eigenvalue weighted by molar-refractivity contribution is 0.102.